The Bertz CT molecular complexity index is 275. The molecule has 112 valence electrons. The number of nitrogens with one attached hydrogen (secondary N) is 2. The maximum absolute atomic E-state index is 12.0. The van der Waals surface area contributed by atoms with Gasteiger partial charge in [-0.2, -0.15) is 11.8 Å². The molecule has 1 saturated heterocycles. The van der Waals surface area contributed by atoms with E-state index in [1.54, 1.807) is 0 Å². The van der Waals surface area contributed by atoms with Crippen molar-refractivity contribution in [3.8, 4) is 0 Å². The number of morpholine rings is 1. The van der Waals surface area contributed by atoms with E-state index in [-0.39, 0.29) is 24.4 Å². The molecule has 6 heteroatoms. The molecular weight excluding hydrogens is 284 g/mol. The summed E-state index contributed by atoms with van der Waals surface area (Å²) in [5, 5.41) is 7.15. The number of amides is 1. The largest absolute Gasteiger partial charge is 0.378 e. The van der Waals surface area contributed by atoms with E-state index in [1.807, 2.05) is 11.8 Å². The van der Waals surface area contributed by atoms with Gasteiger partial charge >= 0.3 is 0 Å². The molecule has 0 bridgehead atoms. The highest BCUT2D eigenvalue weighted by Crippen LogP contribution is 2.29. The highest BCUT2D eigenvalue weighted by molar-refractivity contribution is 7.99. The molecular formula is C13H25ClN2O2S. The lowest BCUT2D eigenvalue weighted by atomic mass is 10.1. The molecule has 0 spiro atoms. The molecule has 0 aromatic heterocycles. The third-order valence-electron chi connectivity index (χ3n) is 3.61. The molecule has 3 unspecified atom stereocenters. The van der Waals surface area contributed by atoms with E-state index >= 15 is 0 Å². The van der Waals surface area contributed by atoms with Gasteiger partial charge in [0.1, 0.15) is 0 Å². The first-order valence-corrected chi connectivity index (χ1v) is 8.06. The van der Waals surface area contributed by atoms with Gasteiger partial charge in [-0.15, -0.1) is 12.4 Å². The second-order valence-corrected chi connectivity index (χ2v) is 6.54. The number of hydrogen-bond donors (Lipinski definition) is 2. The summed E-state index contributed by atoms with van der Waals surface area (Å²) in [6.07, 6.45) is 4.17. The van der Waals surface area contributed by atoms with Crippen molar-refractivity contribution in [3.63, 3.8) is 0 Å². The van der Waals surface area contributed by atoms with Gasteiger partial charge < -0.3 is 15.4 Å². The van der Waals surface area contributed by atoms with Crippen molar-refractivity contribution in [1.82, 2.24) is 10.6 Å². The van der Waals surface area contributed by atoms with Crippen molar-refractivity contribution in [2.45, 2.75) is 49.9 Å². The molecule has 2 aliphatic rings. The molecule has 1 heterocycles. The van der Waals surface area contributed by atoms with Crippen LogP contribution < -0.4 is 10.6 Å². The highest BCUT2D eigenvalue weighted by Gasteiger charge is 2.29. The fraction of sp³-hybridized carbons (Fsp3) is 0.923. The number of halogens is 1. The van der Waals surface area contributed by atoms with Crippen LogP contribution in [-0.4, -0.2) is 48.8 Å². The Morgan fingerprint density at radius 3 is 3.00 bits per heavy atom. The Morgan fingerprint density at radius 2 is 2.32 bits per heavy atom. The number of carbonyl (C=O) groups excluding carboxylic acids is 1. The van der Waals surface area contributed by atoms with Crippen LogP contribution in [0.5, 0.6) is 0 Å². The van der Waals surface area contributed by atoms with Gasteiger partial charge in [-0.05, 0) is 18.6 Å². The summed E-state index contributed by atoms with van der Waals surface area (Å²) in [7, 11) is 0. The van der Waals surface area contributed by atoms with Crippen LogP contribution in [0.25, 0.3) is 0 Å². The minimum atomic E-state index is 0. The summed E-state index contributed by atoms with van der Waals surface area (Å²) in [5.41, 5.74) is 0. The first-order valence-electron chi connectivity index (χ1n) is 7.01. The third-order valence-corrected chi connectivity index (χ3v) is 4.94. The quantitative estimate of drug-likeness (QED) is 0.809. The summed E-state index contributed by atoms with van der Waals surface area (Å²) < 4.78 is 5.37. The van der Waals surface area contributed by atoms with Gasteiger partial charge in [-0.3, -0.25) is 4.79 Å². The summed E-state index contributed by atoms with van der Waals surface area (Å²) in [4.78, 5) is 12.0. The summed E-state index contributed by atoms with van der Waals surface area (Å²) in [5.74, 6) is 1.31. The number of carbonyl (C=O) groups is 1. The van der Waals surface area contributed by atoms with Crippen molar-refractivity contribution in [1.29, 1.82) is 0 Å². The van der Waals surface area contributed by atoms with Crippen LogP contribution in [0, 0.1) is 0 Å². The van der Waals surface area contributed by atoms with E-state index < -0.39 is 0 Å². The van der Waals surface area contributed by atoms with Crippen LogP contribution >= 0.6 is 24.2 Å². The Kier molecular flexibility index (Phi) is 8.14. The first-order chi connectivity index (χ1) is 8.79. The normalized spacial score (nSPS) is 30.7. The SMILES string of the molecule is CCSC1CCCC1NC(=O)CC1COCCN1.Cl. The monoisotopic (exact) mass is 308 g/mol. The topological polar surface area (TPSA) is 50.4 Å². The molecule has 2 rings (SSSR count). The predicted molar refractivity (Wildman–Crippen MR) is 82.2 cm³/mol. The number of rotatable bonds is 5. The average molecular weight is 309 g/mol. The third kappa shape index (κ3) is 5.50. The van der Waals surface area contributed by atoms with Crippen LogP contribution in [0.2, 0.25) is 0 Å². The van der Waals surface area contributed by atoms with Crippen LogP contribution in [-0.2, 0) is 9.53 Å². The summed E-state index contributed by atoms with van der Waals surface area (Å²) >= 11 is 1.98. The molecule has 1 saturated carbocycles. The van der Waals surface area contributed by atoms with Gasteiger partial charge in [0.2, 0.25) is 5.91 Å². The van der Waals surface area contributed by atoms with Crippen molar-refractivity contribution in [3.05, 3.63) is 0 Å². The maximum atomic E-state index is 12.0. The van der Waals surface area contributed by atoms with Crippen molar-refractivity contribution < 1.29 is 9.53 Å². The van der Waals surface area contributed by atoms with Crippen LogP contribution in [0.4, 0.5) is 0 Å². The van der Waals surface area contributed by atoms with Crippen LogP contribution in [0.15, 0.2) is 0 Å². The Morgan fingerprint density at radius 1 is 1.47 bits per heavy atom. The lowest BCUT2D eigenvalue weighted by Gasteiger charge is -2.25. The zero-order valence-electron chi connectivity index (χ0n) is 11.5. The first kappa shape index (κ1) is 17.1. The van der Waals surface area contributed by atoms with Crippen molar-refractivity contribution >= 4 is 30.1 Å². The second-order valence-electron chi connectivity index (χ2n) is 5.03. The van der Waals surface area contributed by atoms with Gasteiger partial charge in [0.15, 0.2) is 0 Å². The molecule has 19 heavy (non-hydrogen) atoms. The zero-order valence-corrected chi connectivity index (χ0v) is 13.2. The van der Waals surface area contributed by atoms with Gasteiger partial charge in [-0.25, -0.2) is 0 Å². The smallest absolute Gasteiger partial charge is 0.221 e. The van der Waals surface area contributed by atoms with E-state index in [1.165, 1.54) is 12.8 Å². The van der Waals surface area contributed by atoms with E-state index in [9.17, 15) is 4.79 Å². The standard InChI is InChI=1S/C13H24N2O2S.ClH/c1-2-18-12-5-3-4-11(12)15-13(16)8-10-9-17-7-6-14-10;/h10-12,14H,2-9H2,1H3,(H,15,16);1H. The van der Waals surface area contributed by atoms with E-state index in [4.69, 9.17) is 4.74 Å². The fourth-order valence-corrected chi connectivity index (χ4v) is 3.94. The van der Waals surface area contributed by atoms with Crippen molar-refractivity contribution in [2.24, 2.45) is 0 Å². The molecule has 3 atom stereocenters. The number of hydrogen-bond acceptors (Lipinski definition) is 4. The number of ether oxygens (including phenoxy) is 1. The molecule has 2 N–H and O–H groups in total. The van der Waals surface area contributed by atoms with E-state index in [0.29, 0.717) is 24.3 Å². The lowest BCUT2D eigenvalue weighted by Crippen LogP contribution is -2.46. The lowest BCUT2D eigenvalue weighted by molar-refractivity contribution is -0.122. The van der Waals surface area contributed by atoms with Crippen LogP contribution in [0.3, 0.4) is 0 Å². The highest BCUT2D eigenvalue weighted by atomic mass is 35.5. The van der Waals surface area contributed by atoms with Gasteiger partial charge in [0.25, 0.3) is 0 Å². The summed E-state index contributed by atoms with van der Waals surface area (Å²) in [6.45, 7) is 4.46. The zero-order chi connectivity index (χ0) is 12.8. The Hall–Kier alpha value is 0.0300. The van der Waals surface area contributed by atoms with Crippen molar-refractivity contribution in [2.75, 3.05) is 25.5 Å². The van der Waals surface area contributed by atoms with E-state index in [0.717, 1.165) is 25.3 Å². The Labute approximate surface area is 126 Å². The minimum Gasteiger partial charge on any atom is -0.378 e. The molecule has 0 radical (unpaired) electrons. The predicted octanol–water partition coefficient (Wildman–Crippen LogP) is 1.58. The van der Waals surface area contributed by atoms with Gasteiger partial charge in [-0.1, -0.05) is 13.3 Å². The maximum Gasteiger partial charge on any atom is 0.221 e. The molecule has 1 amide bonds. The van der Waals surface area contributed by atoms with Gasteiger partial charge in [0.05, 0.1) is 13.2 Å². The molecule has 0 aromatic rings. The second kappa shape index (κ2) is 9.06. The molecule has 2 fully saturated rings. The van der Waals surface area contributed by atoms with E-state index in [2.05, 4.69) is 17.6 Å². The Balaban J connectivity index is 0.00000180. The fourth-order valence-electron chi connectivity index (χ4n) is 2.75. The number of thioether (sulfide) groups is 1. The minimum absolute atomic E-state index is 0. The molecule has 1 aliphatic carbocycles. The molecule has 0 aromatic carbocycles. The molecule has 1 aliphatic heterocycles. The summed E-state index contributed by atoms with van der Waals surface area (Å²) in [6, 6.07) is 0.574. The molecule has 4 nitrogen and oxygen atoms in total. The van der Waals surface area contributed by atoms with Gasteiger partial charge in [0, 0.05) is 30.3 Å². The average Bonchev–Trinajstić information content (AvgIpc) is 2.78. The van der Waals surface area contributed by atoms with Crippen LogP contribution in [0.1, 0.15) is 32.6 Å².